The third kappa shape index (κ3) is 14.6. The number of unbranched alkanes of at least 4 members (excludes halogenated alkanes) is 2. The molecule has 6 heteroatoms. The van der Waals surface area contributed by atoms with Gasteiger partial charge in [-0.1, -0.05) is 32.4 Å². The van der Waals surface area contributed by atoms with Crippen molar-refractivity contribution in [1.82, 2.24) is 4.90 Å². The molecule has 3 rings (SSSR count). The molecule has 1 aliphatic heterocycles. The summed E-state index contributed by atoms with van der Waals surface area (Å²) >= 11 is 0. The van der Waals surface area contributed by atoms with Gasteiger partial charge in [-0.15, -0.1) is 0 Å². The van der Waals surface area contributed by atoms with Crippen molar-refractivity contribution in [2.75, 3.05) is 40.0 Å². The monoisotopic (exact) mass is 553 g/mol. The topological polar surface area (TPSA) is 76.1 Å². The van der Waals surface area contributed by atoms with Crippen LogP contribution in [0.2, 0.25) is 0 Å². The Kier molecular flexibility index (Phi) is 16.9. The van der Waals surface area contributed by atoms with E-state index in [9.17, 15) is 9.59 Å². The number of aliphatic hydroxyl groups excluding tert-OH is 1. The van der Waals surface area contributed by atoms with Crippen LogP contribution in [-0.4, -0.2) is 61.5 Å². The van der Waals surface area contributed by atoms with Crippen molar-refractivity contribution in [3.8, 4) is 11.5 Å². The van der Waals surface area contributed by atoms with Crippen molar-refractivity contribution in [3.05, 3.63) is 59.7 Å². The fourth-order valence-electron chi connectivity index (χ4n) is 4.72. The molecule has 1 heterocycles. The highest BCUT2D eigenvalue weighted by Gasteiger charge is 2.10. The van der Waals surface area contributed by atoms with Crippen LogP contribution in [-0.2, 0) is 11.2 Å². The molecule has 222 valence electrons. The molecule has 0 radical (unpaired) electrons. The van der Waals surface area contributed by atoms with Crippen LogP contribution in [0.25, 0.3) is 0 Å². The Balaban J connectivity index is 0.000000286. The molecule has 0 unspecified atom stereocenters. The number of benzene rings is 2. The zero-order valence-electron chi connectivity index (χ0n) is 25.0. The molecule has 0 aromatic heterocycles. The molecular formula is C34H51NO5. The second kappa shape index (κ2) is 20.2. The number of carbonyl (C=O) groups excluding carboxylic acids is 2. The minimum absolute atomic E-state index is 0.0640. The molecular weight excluding hydrogens is 502 g/mol. The highest BCUT2D eigenvalue weighted by atomic mass is 16.5. The SMILES string of the molecule is CC(C)CCCCOc1ccc(CCCN2CCCC2)cc1.COc1ccc(C(=O)CCCCC(=O)CO)cc1. The van der Waals surface area contributed by atoms with Crippen LogP contribution in [0.5, 0.6) is 11.5 Å². The number of rotatable bonds is 18. The molecule has 0 bridgehead atoms. The van der Waals surface area contributed by atoms with Gasteiger partial charge in [-0.25, -0.2) is 0 Å². The second-order valence-electron chi connectivity index (χ2n) is 11.1. The number of carbonyl (C=O) groups is 2. The maximum Gasteiger partial charge on any atom is 0.162 e. The average molecular weight is 554 g/mol. The number of ketones is 2. The van der Waals surface area contributed by atoms with Crippen LogP contribution >= 0.6 is 0 Å². The van der Waals surface area contributed by atoms with E-state index in [1.807, 2.05) is 0 Å². The summed E-state index contributed by atoms with van der Waals surface area (Å²) in [6.07, 6.45) is 11.0. The Morgan fingerprint density at radius 1 is 0.850 bits per heavy atom. The number of aliphatic hydroxyl groups is 1. The van der Waals surface area contributed by atoms with E-state index in [-0.39, 0.29) is 11.6 Å². The van der Waals surface area contributed by atoms with Gasteiger partial charge in [0.25, 0.3) is 0 Å². The van der Waals surface area contributed by atoms with E-state index in [1.54, 1.807) is 31.4 Å². The van der Waals surface area contributed by atoms with Crippen molar-refractivity contribution in [1.29, 1.82) is 0 Å². The van der Waals surface area contributed by atoms with Crippen LogP contribution in [0.4, 0.5) is 0 Å². The van der Waals surface area contributed by atoms with Crippen LogP contribution in [0, 0.1) is 5.92 Å². The molecule has 1 saturated heterocycles. The lowest BCUT2D eigenvalue weighted by atomic mass is 10.0. The van der Waals surface area contributed by atoms with Gasteiger partial charge in [0.2, 0.25) is 0 Å². The van der Waals surface area contributed by atoms with E-state index < -0.39 is 6.61 Å². The minimum atomic E-state index is -0.410. The highest BCUT2D eigenvalue weighted by Crippen LogP contribution is 2.16. The highest BCUT2D eigenvalue weighted by molar-refractivity contribution is 5.96. The normalized spacial score (nSPS) is 13.1. The molecule has 0 atom stereocenters. The standard InChI is InChI=1S/C20H33NO.C14H18O4/c1-18(2)8-3-6-17-22-20-12-10-19(11-13-20)9-7-16-21-14-4-5-15-21;1-18-13-8-6-11(7-9-13)14(17)5-3-2-4-12(16)10-15/h10-13,18H,3-9,14-17H2,1-2H3;6-9,15H,2-5,10H2,1H3. The number of likely N-dealkylation sites (tertiary alicyclic amines) is 1. The average Bonchev–Trinajstić information content (AvgIpc) is 3.49. The molecule has 0 aliphatic carbocycles. The molecule has 2 aromatic carbocycles. The summed E-state index contributed by atoms with van der Waals surface area (Å²) < 4.78 is 10.8. The molecule has 2 aromatic rings. The molecule has 0 amide bonds. The number of ether oxygens (including phenoxy) is 2. The van der Waals surface area contributed by atoms with Crippen LogP contribution in [0.3, 0.4) is 0 Å². The fourth-order valence-corrected chi connectivity index (χ4v) is 4.72. The molecule has 0 spiro atoms. The fraction of sp³-hybridized carbons (Fsp3) is 0.588. The second-order valence-corrected chi connectivity index (χ2v) is 11.1. The van der Waals surface area contributed by atoms with Crippen LogP contribution in [0.1, 0.15) is 94.0 Å². The lowest BCUT2D eigenvalue weighted by Crippen LogP contribution is -2.20. The zero-order chi connectivity index (χ0) is 29.0. The van der Waals surface area contributed by atoms with Crippen molar-refractivity contribution < 1.29 is 24.2 Å². The third-order valence-corrected chi connectivity index (χ3v) is 7.20. The van der Waals surface area contributed by atoms with Crippen molar-refractivity contribution >= 4 is 11.6 Å². The van der Waals surface area contributed by atoms with Crippen molar-refractivity contribution in [2.24, 2.45) is 5.92 Å². The molecule has 40 heavy (non-hydrogen) atoms. The van der Waals surface area contributed by atoms with E-state index in [4.69, 9.17) is 14.6 Å². The first-order chi connectivity index (χ1) is 19.4. The smallest absolute Gasteiger partial charge is 0.162 e. The number of hydrogen-bond acceptors (Lipinski definition) is 6. The van der Waals surface area contributed by atoms with Gasteiger partial charge in [-0.2, -0.15) is 0 Å². The van der Waals surface area contributed by atoms with E-state index in [0.29, 0.717) is 31.2 Å². The largest absolute Gasteiger partial charge is 0.497 e. The lowest BCUT2D eigenvalue weighted by Gasteiger charge is -2.14. The van der Waals surface area contributed by atoms with Gasteiger partial charge >= 0.3 is 0 Å². The predicted octanol–water partition coefficient (Wildman–Crippen LogP) is 6.92. The zero-order valence-corrected chi connectivity index (χ0v) is 25.0. The Hall–Kier alpha value is -2.70. The van der Waals surface area contributed by atoms with Gasteiger partial charge < -0.3 is 19.5 Å². The molecule has 1 fully saturated rings. The van der Waals surface area contributed by atoms with Gasteiger partial charge in [-0.05, 0) is 119 Å². The maximum atomic E-state index is 11.8. The number of aryl methyl sites for hydroxylation is 1. The summed E-state index contributed by atoms with van der Waals surface area (Å²) in [4.78, 5) is 25.2. The molecule has 0 saturated carbocycles. The lowest BCUT2D eigenvalue weighted by molar-refractivity contribution is -0.121. The summed E-state index contributed by atoms with van der Waals surface area (Å²) in [5.41, 5.74) is 2.09. The van der Waals surface area contributed by atoms with Crippen molar-refractivity contribution in [2.45, 2.75) is 84.5 Å². The number of hydrogen-bond donors (Lipinski definition) is 1. The summed E-state index contributed by atoms with van der Waals surface area (Å²) in [6, 6.07) is 15.7. The first kappa shape index (κ1) is 33.5. The van der Waals surface area contributed by atoms with Crippen LogP contribution < -0.4 is 9.47 Å². The molecule has 6 nitrogen and oxygen atoms in total. The van der Waals surface area contributed by atoms with Gasteiger partial charge in [0.05, 0.1) is 13.7 Å². The Morgan fingerprint density at radius 2 is 1.50 bits per heavy atom. The number of nitrogens with zero attached hydrogens (tertiary/aromatic N) is 1. The number of methoxy groups -OCH3 is 1. The summed E-state index contributed by atoms with van der Waals surface area (Å²) in [6.45, 7) is 8.88. The van der Waals surface area contributed by atoms with Gasteiger partial charge in [-0.3, -0.25) is 9.59 Å². The first-order valence-corrected chi connectivity index (χ1v) is 15.1. The summed E-state index contributed by atoms with van der Waals surface area (Å²) in [7, 11) is 1.58. The quantitative estimate of drug-likeness (QED) is 0.160. The number of Topliss-reactive ketones (excluding diaryl/α,β-unsaturated/α-hetero) is 2. The first-order valence-electron chi connectivity index (χ1n) is 15.1. The Morgan fingerprint density at radius 3 is 2.12 bits per heavy atom. The van der Waals surface area contributed by atoms with E-state index >= 15 is 0 Å². The van der Waals surface area contributed by atoms with E-state index in [2.05, 4.69) is 43.0 Å². The summed E-state index contributed by atoms with van der Waals surface area (Å²) in [5, 5.41) is 8.54. The molecule has 1 aliphatic rings. The Bertz CT molecular complexity index is 949. The predicted molar refractivity (Wildman–Crippen MR) is 163 cm³/mol. The van der Waals surface area contributed by atoms with Crippen LogP contribution in [0.15, 0.2) is 48.5 Å². The van der Waals surface area contributed by atoms with Gasteiger partial charge in [0.1, 0.15) is 18.1 Å². The minimum Gasteiger partial charge on any atom is -0.497 e. The third-order valence-electron chi connectivity index (χ3n) is 7.20. The van der Waals surface area contributed by atoms with Gasteiger partial charge in [0.15, 0.2) is 11.6 Å². The van der Waals surface area contributed by atoms with E-state index in [1.165, 1.54) is 63.7 Å². The molecule has 1 N–H and O–H groups in total. The van der Waals surface area contributed by atoms with E-state index in [0.717, 1.165) is 30.4 Å². The maximum absolute atomic E-state index is 11.8. The van der Waals surface area contributed by atoms with Gasteiger partial charge in [0, 0.05) is 18.4 Å². The Labute approximate surface area is 242 Å². The summed E-state index contributed by atoms with van der Waals surface area (Å²) in [5.74, 6) is 2.44. The van der Waals surface area contributed by atoms with Crippen molar-refractivity contribution in [3.63, 3.8) is 0 Å².